The molecule has 1 unspecified atom stereocenters. The van der Waals surface area contributed by atoms with E-state index in [1.54, 1.807) is 13.8 Å². The van der Waals surface area contributed by atoms with Crippen LogP contribution in [0.25, 0.3) is 0 Å². The van der Waals surface area contributed by atoms with E-state index >= 15 is 0 Å². The highest BCUT2D eigenvalue weighted by molar-refractivity contribution is 8.24. The fraction of sp³-hybridized carbons (Fsp3) is 0.750. The van der Waals surface area contributed by atoms with Gasteiger partial charge in [0, 0.05) is 0 Å². The van der Waals surface area contributed by atoms with Crippen molar-refractivity contribution in [3.8, 4) is 0 Å². The van der Waals surface area contributed by atoms with Gasteiger partial charge in [-0.05, 0) is 25.7 Å². The molecule has 1 heterocycles. The van der Waals surface area contributed by atoms with Crippen LogP contribution in [0.3, 0.4) is 0 Å². The molecule has 0 spiro atoms. The minimum Gasteiger partial charge on any atom is -0.446 e. The summed E-state index contributed by atoms with van der Waals surface area (Å²) in [5, 5.41) is -0.280. The lowest BCUT2D eigenvalue weighted by Crippen LogP contribution is -2.39. The highest BCUT2D eigenvalue weighted by Crippen LogP contribution is 2.35. The second-order valence-corrected chi connectivity index (χ2v) is 7.58. The summed E-state index contributed by atoms with van der Waals surface area (Å²) in [6.07, 6.45) is -0.245. The van der Waals surface area contributed by atoms with Gasteiger partial charge in [-0.2, -0.15) is 4.90 Å². The molecule has 1 atom stereocenters. The molecule has 0 saturated carbocycles. The van der Waals surface area contributed by atoms with Crippen LogP contribution < -0.4 is 0 Å². The molecule has 2 amide bonds. The smallest absolute Gasteiger partial charge is 0.422 e. The molecule has 0 aromatic rings. The van der Waals surface area contributed by atoms with Crippen molar-refractivity contribution in [1.29, 1.82) is 0 Å². The maximum absolute atomic E-state index is 12.1. The van der Waals surface area contributed by atoms with Crippen LogP contribution >= 0.6 is 24.0 Å². The topological polar surface area (TPSA) is 46.6 Å². The maximum Gasteiger partial charge on any atom is 0.422 e. The van der Waals surface area contributed by atoms with E-state index in [4.69, 9.17) is 17.0 Å². The monoisotopic (exact) mass is 289 g/mol. The Morgan fingerprint density at radius 2 is 2.06 bits per heavy atom. The highest BCUT2D eigenvalue weighted by atomic mass is 32.2. The zero-order valence-electron chi connectivity index (χ0n) is 11.4. The van der Waals surface area contributed by atoms with Crippen LogP contribution in [0.15, 0.2) is 0 Å². The molecule has 0 N–H and O–H groups in total. The zero-order valence-corrected chi connectivity index (χ0v) is 13.0. The lowest BCUT2D eigenvalue weighted by Gasteiger charge is -2.21. The van der Waals surface area contributed by atoms with Gasteiger partial charge in [0.25, 0.3) is 5.91 Å². The number of thiocarbonyl (C=S) groups is 1. The molecule has 1 saturated heterocycles. The third-order valence-electron chi connectivity index (χ3n) is 2.24. The Labute approximate surface area is 117 Å². The number of thioether (sulfide) groups is 1. The summed E-state index contributed by atoms with van der Waals surface area (Å²) in [4.78, 5) is 24.9. The number of imide groups is 1. The average Bonchev–Trinajstić information content (AvgIpc) is 2.37. The van der Waals surface area contributed by atoms with Gasteiger partial charge in [0.2, 0.25) is 0 Å². The van der Waals surface area contributed by atoms with Crippen LogP contribution in [-0.2, 0) is 9.53 Å². The minimum atomic E-state index is -0.663. The van der Waals surface area contributed by atoms with Crippen LogP contribution in [0.2, 0.25) is 0 Å². The summed E-state index contributed by atoms with van der Waals surface area (Å²) in [7, 11) is 0. The van der Waals surface area contributed by atoms with E-state index in [1.807, 2.05) is 0 Å². The predicted molar refractivity (Wildman–Crippen MR) is 76.5 cm³/mol. The largest absolute Gasteiger partial charge is 0.446 e. The number of carbonyl (C=O) groups is 2. The third kappa shape index (κ3) is 3.95. The van der Waals surface area contributed by atoms with Crippen molar-refractivity contribution in [1.82, 2.24) is 4.90 Å². The molecule has 1 fully saturated rings. The van der Waals surface area contributed by atoms with Crippen LogP contribution in [0.1, 0.15) is 41.0 Å². The standard InChI is InChI=1S/C12H19NO3S2/c1-7(2)16-10(15)13-9(14)8(18-11(13)17)6-12(3,4)5/h7-8H,6H2,1-5H3. The molecule has 18 heavy (non-hydrogen) atoms. The molecule has 1 aliphatic rings. The van der Waals surface area contributed by atoms with Gasteiger partial charge in [0.15, 0.2) is 4.32 Å². The highest BCUT2D eigenvalue weighted by Gasteiger charge is 2.43. The van der Waals surface area contributed by atoms with Crippen LogP contribution in [-0.4, -0.2) is 32.6 Å². The van der Waals surface area contributed by atoms with Gasteiger partial charge in [-0.3, -0.25) is 4.79 Å². The average molecular weight is 289 g/mol. The molecular formula is C12H19NO3S2. The van der Waals surface area contributed by atoms with Gasteiger partial charge < -0.3 is 4.74 Å². The lowest BCUT2D eigenvalue weighted by atomic mass is 9.90. The van der Waals surface area contributed by atoms with E-state index in [0.29, 0.717) is 10.7 Å². The quantitative estimate of drug-likeness (QED) is 0.731. The lowest BCUT2D eigenvalue weighted by molar-refractivity contribution is -0.125. The number of hydrogen-bond donors (Lipinski definition) is 0. The van der Waals surface area contributed by atoms with Gasteiger partial charge in [-0.25, -0.2) is 4.79 Å². The van der Waals surface area contributed by atoms with Gasteiger partial charge in [0.1, 0.15) is 0 Å². The number of nitrogens with zero attached hydrogens (tertiary/aromatic N) is 1. The first kappa shape index (κ1) is 15.4. The fourth-order valence-electron chi connectivity index (χ4n) is 1.56. The zero-order chi connectivity index (χ0) is 14.1. The van der Waals surface area contributed by atoms with E-state index in [9.17, 15) is 9.59 Å². The summed E-state index contributed by atoms with van der Waals surface area (Å²) in [6, 6.07) is 0. The molecule has 102 valence electrons. The van der Waals surface area contributed by atoms with E-state index in [-0.39, 0.29) is 22.7 Å². The molecule has 0 aromatic heterocycles. The fourth-order valence-corrected chi connectivity index (χ4v) is 3.38. The van der Waals surface area contributed by atoms with Gasteiger partial charge in [-0.1, -0.05) is 44.8 Å². The van der Waals surface area contributed by atoms with Crippen molar-refractivity contribution < 1.29 is 14.3 Å². The Bertz CT molecular complexity index is 374. The predicted octanol–water partition coefficient (Wildman–Crippen LogP) is 3.20. The Morgan fingerprint density at radius 3 is 2.50 bits per heavy atom. The molecule has 0 radical (unpaired) electrons. The number of rotatable bonds is 2. The first-order valence-electron chi connectivity index (χ1n) is 5.87. The van der Waals surface area contributed by atoms with Crippen molar-refractivity contribution in [2.45, 2.75) is 52.4 Å². The van der Waals surface area contributed by atoms with Crippen LogP contribution in [0, 0.1) is 5.41 Å². The Hall–Kier alpha value is -0.620. The molecule has 1 aliphatic heterocycles. The van der Waals surface area contributed by atoms with Crippen molar-refractivity contribution in [2.24, 2.45) is 5.41 Å². The Morgan fingerprint density at radius 1 is 1.50 bits per heavy atom. The molecular weight excluding hydrogens is 270 g/mol. The van der Waals surface area contributed by atoms with E-state index in [2.05, 4.69) is 20.8 Å². The van der Waals surface area contributed by atoms with Crippen molar-refractivity contribution >= 4 is 40.3 Å². The first-order chi connectivity index (χ1) is 8.11. The second-order valence-electron chi connectivity index (χ2n) is 5.74. The summed E-state index contributed by atoms with van der Waals surface area (Å²) in [6.45, 7) is 9.64. The van der Waals surface area contributed by atoms with Gasteiger partial charge in [-0.15, -0.1) is 0 Å². The molecule has 0 bridgehead atoms. The maximum atomic E-state index is 12.1. The van der Waals surface area contributed by atoms with Crippen molar-refractivity contribution in [2.75, 3.05) is 0 Å². The molecule has 4 nitrogen and oxygen atoms in total. The van der Waals surface area contributed by atoms with Crippen molar-refractivity contribution in [3.05, 3.63) is 0 Å². The summed E-state index contributed by atoms with van der Waals surface area (Å²) >= 11 is 6.35. The SMILES string of the molecule is CC(C)OC(=O)N1C(=O)C(CC(C)(C)C)SC1=S. The van der Waals surface area contributed by atoms with E-state index in [0.717, 1.165) is 4.90 Å². The van der Waals surface area contributed by atoms with Gasteiger partial charge in [0.05, 0.1) is 11.4 Å². The number of hydrogen-bond acceptors (Lipinski definition) is 5. The van der Waals surface area contributed by atoms with E-state index < -0.39 is 6.09 Å². The molecule has 6 heteroatoms. The number of ether oxygens (including phenoxy) is 1. The number of carbonyl (C=O) groups excluding carboxylic acids is 2. The van der Waals surface area contributed by atoms with Crippen LogP contribution in [0.4, 0.5) is 4.79 Å². The number of amides is 2. The third-order valence-corrected chi connectivity index (χ3v) is 3.75. The molecule has 0 aliphatic carbocycles. The summed E-state index contributed by atoms with van der Waals surface area (Å²) < 4.78 is 5.31. The first-order valence-corrected chi connectivity index (χ1v) is 7.16. The molecule has 1 rings (SSSR count). The Kier molecular flexibility index (Phi) is 4.78. The minimum absolute atomic E-state index is 0.0148. The second kappa shape index (κ2) is 5.57. The van der Waals surface area contributed by atoms with Gasteiger partial charge >= 0.3 is 6.09 Å². The van der Waals surface area contributed by atoms with Crippen LogP contribution in [0.5, 0.6) is 0 Å². The Balaban J connectivity index is 2.76. The summed E-state index contributed by atoms with van der Waals surface area (Å²) in [5.74, 6) is -0.259. The normalized spacial score (nSPS) is 20.8. The van der Waals surface area contributed by atoms with E-state index in [1.165, 1.54) is 11.8 Å². The van der Waals surface area contributed by atoms with Crippen molar-refractivity contribution in [3.63, 3.8) is 0 Å². The summed E-state index contributed by atoms with van der Waals surface area (Å²) in [5.41, 5.74) is 0.0148. The molecule has 0 aromatic carbocycles.